The Morgan fingerprint density at radius 3 is 2.70 bits per heavy atom. The summed E-state index contributed by atoms with van der Waals surface area (Å²) >= 11 is 0. The molecule has 6 nitrogen and oxygen atoms in total. The van der Waals surface area contributed by atoms with E-state index in [0.717, 1.165) is 12.1 Å². The van der Waals surface area contributed by atoms with Gasteiger partial charge in [-0.05, 0) is 24.6 Å². The Balaban J connectivity index is 2.13. The van der Waals surface area contributed by atoms with Gasteiger partial charge < -0.3 is 19.9 Å². The fourth-order valence-corrected chi connectivity index (χ4v) is 2.33. The number of alkyl halides is 3. The number of carbonyl (C=O) groups excluding carboxylic acids is 1. The maximum Gasteiger partial charge on any atom is 0.573 e. The smallest absolute Gasteiger partial charge is 0.481 e. The van der Waals surface area contributed by atoms with Crippen LogP contribution in [0.5, 0.6) is 5.75 Å². The summed E-state index contributed by atoms with van der Waals surface area (Å²) in [4.78, 5) is 23.1. The molecule has 0 radical (unpaired) electrons. The molecule has 9 heteroatoms. The largest absolute Gasteiger partial charge is 0.573 e. The Kier molecular flexibility index (Phi) is 4.79. The molecule has 0 spiro atoms. The van der Waals surface area contributed by atoms with Gasteiger partial charge in [0.15, 0.2) is 0 Å². The van der Waals surface area contributed by atoms with E-state index in [1.807, 2.05) is 0 Å². The molecule has 2 N–H and O–H groups in total. The van der Waals surface area contributed by atoms with Crippen LogP contribution in [0.2, 0.25) is 0 Å². The van der Waals surface area contributed by atoms with Crippen LogP contribution in [0.1, 0.15) is 23.2 Å². The first-order valence-electron chi connectivity index (χ1n) is 6.67. The van der Waals surface area contributed by atoms with Gasteiger partial charge in [0.2, 0.25) is 0 Å². The lowest BCUT2D eigenvalue weighted by Crippen LogP contribution is -2.50. The van der Waals surface area contributed by atoms with Gasteiger partial charge >= 0.3 is 12.3 Å². The molecule has 0 aromatic heterocycles. The number of hydrogen-bond donors (Lipinski definition) is 2. The first-order valence-corrected chi connectivity index (χ1v) is 6.67. The quantitative estimate of drug-likeness (QED) is 0.860. The van der Waals surface area contributed by atoms with Crippen molar-refractivity contribution in [2.45, 2.75) is 24.7 Å². The molecule has 1 aromatic carbocycles. The second-order valence-corrected chi connectivity index (χ2v) is 5.18. The third kappa shape index (κ3) is 4.85. The third-order valence-electron chi connectivity index (χ3n) is 3.30. The van der Waals surface area contributed by atoms with E-state index in [2.05, 4.69) is 10.1 Å². The maximum atomic E-state index is 12.2. The molecule has 1 aliphatic heterocycles. The van der Waals surface area contributed by atoms with Crippen molar-refractivity contribution in [3.8, 4) is 5.75 Å². The summed E-state index contributed by atoms with van der Waals surface area (Å²) in [6.45, 7) is 0.328. The zero-order chi connectivity index (χ0) is 17.1. The van der Waals surface area contributed by atoms with E-state index in [1.54, 1.807) is 0 Å². The van der Waals surface area contributed by atoms with Crippen LogP contribution in [-0.4, -0.2) is 42.1 Å². The number of benzene rings is 1. The van der Waals surface area contributed by atoms with Crippen LogP contribution < -0.4 is 10.1 Å². The maximum absolute atomic E-state index is 12.2. The molecule has 0 bridgehead atoms. The number of hydrogen-bond acceptors (Lipinski definition) is 4. The van der Waals surface area contributed by atoms with Crippen molar-refractivity contribution < 1.29 is 37.3 Å². The second kappa shape index (κ2) is 6.45. The number of carboxylic acids is 1. The SMILES string of the molecule is O=C(O)CC1(NC(=O)c2cccc(OC(F)(F)F)c2)CCOC1. The molecular weight excluding hydrogens is 319 g/mol. The molecule has 23 heavy (non-hydrogen) atoms. The summed E-state index contributed by atoms with van der Waals surface area (Å²) in [5, 5.41) is 11.5. The predicted octanol–water partition coefficient (Wildman–Crippen LogP) is 1.95. The fourth-order valence-electron chi connectivity index (χ4n) is 2.33. The molecule has 0 saturated carbocycles. The Morgan fingerprint density at radius 2 is 2.13 bits per heavy atom. The first kappa shape index (κ1) is 17.1. The highest BCUT2D eigenvalue weighted by Crippen LogP contribution is 2.25. The Bertz CT molecular complexity index is 596. The predicted molar refractivity (Wildman–Crippen MR) is 71.0 cm³/mol. The van der Waals surface area contributed by atoms with Gasteiger partial charge in [0.05, 0.1) is 18.6 Å². The zero-order valence-electron chi connectivity index (χ0n) is 11.9. The van der Waals surface area contributed by atoms with Crippen molar-refractivity contribution in [3.05, 3.63) is 29.8 Å². The highest BCUT2D eigenvalue weighted by molar-refractivity contribution is 5.95. The van der Waals surface area contributed by atoms with Gasteiger partial charge in [0.1, 0.15) is 5.75 Å². The summed E-state index contributed by atoms with van der Waals surface area (Å²) in [6.07, 6.45) is -4.89. The van der Waals surface area contributed by atoms with Crippen LogP contribution >= 0.6 is 0 Å². The molecule has 1 unspecified atom stereocenters. The minimum Gasteiger partial charge on any atom is -0.481 e. The van der Waals surface area contributed by atoms with Crippen LogP contribution in [0, 0.1) is 0 Å². The van der Waals surface area contributed by atoms with E-state index in [1.165, 1.54) is 12.1 Å². The van der Waals surface area contributed by atoms with Crippen LogP contribution in [0.4, 0.5) is 13.2 Å². The highest BCUT2D eigenvalue weighted by atomic mass is 19.4. The molecule has 1 amide bonds. The summed E-state index contributed by atoms with van der Waals surface area (Å²) in [7, 11) is 0. The van der Waals surface area contributed by atoms with Crippen molar-refractivity contribution in [1.29, 1.82) is 0 Å². The number of rotatable bonds is 5. The normalized spacial score (nSPS) is 21.0. The number of ether oxygens (including phenoxy) is 2. The first-order chi connectivity index (χ1) is 10.7. The zero-order valence-corrected chi connectivity index (χ0v) is 11.9. The lowest BCUT2D eigenvalue weighted by molar-refractivity contribution is -0.274. The molecule has 1 aliphatic rings. The van der Waals surface area contributed by atoms with Gasteiger partial charge in [-0.3, -0.25) is 9.59 Å². The average molecular weight is 333 g/mol. The summed E-state index contributed by atoms with van der Waals surface area (Å²) in [5.74, 6) is -2.32. The van der Waals surface area contributed by atoms with Crippen molar-refractivity contribution in [2.75, 3.05) is 13.2 Å². The molecule has 1 fully saturated rings. The van der Waals surface area contributed by atoms with Crippen molar-refractivity contribution >= 4 is 11.9 Å². The molecule has 1 heterocycles. The standard InChI is InChI=1S/C14H14F3NO5/c15-14(16,17)23-10-3-1-2-9(6-10)12(21)18-13(7-11(19)20)4-5-22-8-13/h1-3,6H,4-5,7-8H2,(H,18,21)(H,19,20). The van der Waals surface area contributed by atoms with Crippen molar-refractivity contribution in [3.63, 3.8) is 0 Å². The van der Waals surface area contributed by atoms with Gasteiger partial charge in [0, 0.05) is 12.2 Å². The monoisotopic (exact) mass is 333 g/mol. The van der Waals surface area contributed by atoms with E-state index in [9.17, 15) is 22.8 Å². The third-order valence-corrected chi connectivity index (χ3v) is 3.30. The second-order valence-electron chi connectivity index (χ2n) is 5.18. The van der Waals surface area contributed by atoms with E-state index in [-0.39, 0.29) is 18.6 Å². The van der Waals surface area contributed by atoms with Crippen LogP contribution in [0.3, 0.4) is 0 Å². The van der Waals surface area contributed by atoms with Gasteiger partial charge in [-0.15, -0.1) is 13.2 Å². The number of nitrogens with one attached hydrogen (secondary N) is 1. The van der Waals surface area contributed by atoms with Gasteiger partial charge in [0.25, 0.3) is 5.91 Å². The van der Waals surface area contributed by atoms with E-state index in [0.29, 0.717) is 13.0 Å². The van der Waals surface area contributed by atoms with Gasteiger partial charge in [-0.25, -0.2) is 0 Å². The topological polar surface area (TPSA) is 84.9 Å². The molecule has 2 rings (SSSR count). The van der Waals surface area contributed by atoms with E-state index in [4.69, 9.17) is 9.84 Å². The van der Waals surface area contributed by atoms with Crippen LogP contribution in [-0.2, 0) is 9.53 Å². The lowest BCUT2D eigenvalue weighted by atomic mass is 9.93. The lowest BCUT2D eigenvalue weighted by Gasteiger charge is -2.27. The Morgan fingerprint density at radius 1 is 1.39 bits per heavy atom. The van der Waals surface area contributed by atoms with E-state index >= 15 is 0 Å². The van der Waals surface area contributed by atoms with Gasteiger partial charge in [-0.2, -0.15) is 0 Å². The van der Waals surface area contributed by atoms with Crippen LogP contribution in [0.25, 0.3) is 0 Å². The van der Waals surface area contributed by atoms with Gasteiger partial charge in [-0.1, -0.05) is 6.07 Å². The Labute approximate surface area is 129 Å². The highest BCUT2D eigenvalue weighted by Gasteiger charge is 2.39. The molecular formula is C14H14F3NO5. The van der Waals surface area contributed by atoms with Crippen molar-refractivity contribution in [1.82, 2.24) is 5.32 Å². The van der Waals surface area contributed by atoms with Crippen LogP contribution in [0.15, 0.2) is 24.3 Å². The summed E-state index contributed by atoms with van der Waals surface area (Å²) in [5.41, 5.74) is -1.13. The number of carboxylic acid groups (broad SMARTS) is 1. The minimum absolute atomic E-state index is 0.0315. The molecule has 0 aliphatic carbocycles. The number of amides is 1. The molecule has 126 valence electrons. The average Bonchev–Trinajstić information content (AvgIpc) is 2.84. The molecule has 1 atom stereocenters. The minimum atomic E-state index is -4.86. The molecule has 1 saturated heterocycles. The Hall–Kier alpha value is -2.29. The number of carbonyl (C=O) groups is 2. The fraction of sp³-hybridized carbons (Fsp3) is 0.429. The van der Waals surface area contributed by atoms with Crippen molar-refractivity contribution in [2.24, 2.45) is 0 Å². The summed E-state index contributed by atoms with van der Waals surface area (Å²) < 4.78 is 45.5. The molecule has 1 aromatic rings. The van der Waals surface area contributed by atoms with E-state index < -0.39 is 29.5 Å². The number of aliphatic carboxylic acids is 1. The summed E-state index contributed by atoms with van der Waals surface area (Å²) in [6, 6.07) is 4.55. The number of halogens is 3.